The second-order valence-corrected chi connectivity index (χ2v) is 6.70. The van der Waals surface area contributed by atoms with Crippen LogP contribution in [0.15, 0.2) is 21.7 Å². The van der Waals surface area contributed by atoms with Gasteiger partial charge in [0, 0.05) is 13.2 Å². The smallest absolute Gasteiger partial charge is 0.250 e. The third kappa shape index (κ3) is 3.04. The Morgan fingerprint density at radius 3 is 3.06 bits per heavy atom. The van der Waals surface area contributed by atoms with Crippen molar-refractivity contribution in [2.45, 2.75) is 29.6 Å². The van der Waals surface area contributed by atoms with Crippen LogP contribution in [0.5, 0.6) is 0 Å². The second kappa shape index (κ2) is 5.27. The molecule has 1 unspecified atom stereocenters. The van der Waals surface area contributed by atoms with Gasteiger partial charge in [0.2, 0.25) is 10.0 Å². The lowest BCUT2D eigenvalue weighted by Crippen LogP contribution is -2.26. The summed E-state index contributed by atoms with van der Waals surface area (Å²) in [6, 6.07) is 3.35. The molecule has 1 atom stereocenters. The lowest BCUT2D eigenvalue weighted by Gasteiger charge is -2.09. The molecule has 90 valence electrons. The van der Waals surface area contributed by atoms with Crippen molar-refractivity contribution in [1.82, 2.24) is 4.72 Å². The van der Waals surface area contributed by atoms with E-state index in [0.717, 1.165) is 25.9 Å². The van der Waals surface area contributed by atoms with Crippen molar-refractivity contribution >= 4 is 21.4 Å². The van der Waals surface area contributed by atoms with Gasteiger partial charge in [0.05, 0.1) is 6.10 Å². The molecule has 1 fully saturated rings. The standard InChI is InChI=1S/C10H15NO3S2/c12-16(13,10-4-2-8-15-10)11-6-5-9-3-1-7-14-9/h2,4,8-9,11H,1,3,5-7H2. The normalized spacial score (nSPS) is 21.4. The first-order valence-corrected chi connectivity index (χ1v) is 7.69. The van der Waals surface area contributed by atoms with Crippen LogP contribution in [0.4, 0.5) is 0 Å². The van der Waals surface area contributed by atoms with E-state index in [9.17, 15) is 8.42 Å². The maximum atomic E-state index is 11.7. The first-order chi connectivity index (χ1) is 7.68. The van der Waals surface area contributed by atoms with Crippen molar-refractivity contribution in [1.29, 1.82) is 0 Å². The van der Waals surface area contributed by atoms with E-state index in [2.05, 4.69) is 4.72 Å². The minimum Gasteiger partial charge on any atom is -0.378 e. The van der Waals surface area contributed by atoms with Crippen molar-refractivity contribution in [2.24, 2.45) is 0 Å². The van der Waals surface area contributed by atoms with E-state index < -0.39 is 10.0 Å². The van der Waals surface area contributed by atoms with Crippen LogP contribution in [0, 0.1) is 0 Å². The van der Waals surface area contributed by atoms with Gasteiger partial charge in [-0.25, -0.2) is 13.1 Å². The van der Waals surface area contributed by atoms with Crippen molar-refractivity contribution in [3.8, 4) is 0 Å². The summed E-state index contributed by atoms with van der Waals surface area (Å²) in [5, 5.41) is 1.76. The summed E-state index contributed by atoms with van der Waals surface area (Å²) in [7, 11) is -3.30. The van der Waals surface area contributed by atoms with Crippen molar-refractivity contribution in [2.75, 3.05) is 13.2 Å². The summed E-state index contributed by atoms with van der Waals surface area (Å²) in [5.41, 5.74) is 0. The van der Waals surface area contributed by atoms with Gasteiger partial charge >= 0.3 is 0 Å². The van der Waals surface area contributed by atoms with Crippen molar-refractivity contribution in [3.63, 3.8) is 0 Å². The first-order valence-electron chi connectivity index (χ1n) is 5.33. The predicted octanol–water partition coefficient (Wildman–Crippen LogP) is 1.60. The third-order valence-electron chi connectivity index (χ3n) is 2.54. The highest BCUT2D eigenvalue weighted by Crippen LogP contribution is 2.17. The molecule has 0 aliphatic carbocycles. The molecule has 2 heterocycles. The zero-order valence-electron chi connectivity index (χ0n) is 8.89. The monoisotopic (exact) mass is 261 g/mol. The summed E-state index contributed by atoms with van der Waals surface area (Å²) < 4.78 is 31.8. The highest BCUT2D eigenvalue weighted by atomic mass is 32.2. The number of rotatable bonds is 5. The SMILES string of the molecule is O=S(=O)(NCCC1CCCO1)c1cccs1. The van der Waals surface area contributed by atoms with E-state index in [1.54, 1.807) is 17.5 Å². The van der Waals surface area contributed by atoms with Crippen LogP contribution < -0.4 is 4.72 Å². The summed E-state index contributed by atoms with van der Waals surface area (Å²) in [6.07, 6.45) is 3.11. The van der Waals surface area contributed by atoms with E-state index in [4.69, 9.17) is 4.74 Å². The third-order valence-corrected chi connectivity index (χ3v) is 5.40. The number of nitrogens with one attached hydrogen (secondary N) is 1. The molecule has 16 heavy (non-hydrogen) atoms. The molecular weight excluding hydrogens is 246 g/mol. The summed E-state index contributed by atoms with van der Waals surface area (Å²) in [4.78, 5) is 0. The number of thiophene rings is 1. The Balaban J connectivity index is 1.81. The lowest BCUT2D eigenvalue weighted by atomic mass is 10.2. The van der Waals surface area contributed by atoms with Crippen LogP contribution in [0.25, 0.3) is 0 Å². The molecule has 0 radical (unpaired) electrons. The minimum absolute atomic E-state index is 0.228. The number of hydrogen-bond donors (Lipinski definition) is 1. The molecule has 1 N–H and O–H groups in total. The van der Waals surface area contributed by atoms with Crippen molar-refractivity contribution < 1.29 is 13.2 Å². The molecular formula is C10H15NO3S2. The fraction of sp³-hybridized carbons (Fsp3) is 0.600. The molecule has 4 nitrogen and oxygen atoms in total. The number of sulfonamides is 1. The van der Waals surface area contributed by atoms with Gasteiger partial charge in [0.15, 0.2) is 0 Å². The minimum atomic E-state index is -3.30. The second-order valence-electron chi connectivity index (χ2n) is 3.75. The van der Waals surface area contributed by atoms with E-state index in [0.29, 0.717) is 10.8 Å². The average Bonchev–Trinajstić information content (AvgIpc) is 2.90. The van der Waals surface area contributed by atoms with Crippen molar-refractivity contribution in [3.05, 3.63) is 17.5 Å². The molecule has 2 rings (SSSR count). The Morgan fingerprint density at radius 1 is 1.56 bits per heavy atom. The van der Waals surface area contributed by atoms with Gasteiger partial charge in [0.25, 0.3) is 0 Å². The lowest BCUT2D eigenvalue weighted by molar-refractivity contribution is 0.105. The molecule has 1 aliphatic rings. The maximum Gasteiger partial charge on any atom is 0.250 e. The molecule has 1 saturated heterocycles. The fourth-order valence-corrected chi connectivity index (χ4v) is 3.80. The molecule has 0 amide bonds. The van der Waals surface area contributed by atoms with Crippen LogP contribution in [0.3, 0.4) is 0 Å². The molecule has 1 aromatic heterocycles. The van der Waals surface area contributed by atoms with Crippen LogP contribution in [-0.2, 0) is 14.8 Å². The van der Waals surface area contributed by atoms with E-state index >= 15 is 0 Å². The van der Waals surface area contributed by atoms with Gasteiger partial charge in [-0.15, -0.1) is 11.3 Å². The number of hydrogen-bond acceptors (Lipinski definition) is 4. The van der Waals surface area contributed by atoms with Gasteiger partial charge in [-0.1, -0.05) is 6.07 Å². The highest BCUT2D eigenvalue weighted by molar-refractivity contribution is 7.91. The molecule has 0 spiro atoms. The highest BCUT2D eigenvalue weighted by Gasteiger charge is 2.18. The molecule has 1 aromatic rings. The average molecular weight is 261 g/mol. The molecule has 0 saturated carbocycles. The van der Waals surface area contributed by atoms with E-state index in [-0.39, 0.29) is 6.10 Å². The Labute approximate surface area is 99.7 Å². The van der Waals surface area contributed by atoms with Gasteiger partial charge < -0.3 is 4.74 Å². The Morgan fingerprint density at radius 2 is 2.44 bits per heavy atom. The zero-order valence-corrected chi connectivity index (χ0v) is 10.5. The largest absolute Gasteiger partial charge is 0.378 e. The predicted molar refractivity (Wildman–Crippen MR) is 63.1 cm³/mol. The van der Waals surface area contributed by atoms with E-state index in [1.807, 2.05) is 0 Å². The van der Waals surface area contributed by atoms with Crippen LogP contribution in [0.1, 0.15) is 19.3 Å². The van der Waals surface area contributed by atoms with Gasteiger partial charge in [-0.05, 0) is 30.7 Å². The topological polar surface area (TPSA) is 55.4 Å². The van der Waals surface area contributed by atoms with Gasteiger partial charge in [-0.3, -0.25) is 0 Å². The zero-order chi connectivity index (χ0) is 11.4. The molecule has 0 bridgehead atoms. The maximum absolute atomic E-state index is 11.7. The Hall–Kier alpha value is -0.430. The summed E-state index contributed by atoms with van der Waals surface area (Å²) >= 11 is 1.23. The number of ether oxygens (including phenoxy) is 1. The van der Waals surface area contributed by atoms with Crippen LogP contribution >= 0.6 is 11.3 Å². The molecule has 6 heteroatoms. The van der Waals surface area contributed by atoms with Crippen LogP contribution in [-0.4, -0.2) is 27.7 Å². The first kappa shape index (κ1) is 12.0. The Bertz CT molecular complexity index is 407. The summed E-state index contributed by atoms with van der Waals surface area (Å²) in [6.45, 7) is 1.26. The summed E-state index contributed by atoms with van der Waals surface area (Å²) in [5.74, 6) is 0. The van der Waals surface area contributed by atoms with Crippen LogP contribution in [0.2, 0.25) is 0 Å². The molecule has 0 aromatic carbocycles. The fourth-order valence-electron chi connectivity index (χ4n) is 1.71. The van der Waals surface area contributed by atoms with Gasteiger partial charge in [0.1, 0.15) is 4.21 Å². The van der Waals surface area contributed by atoms with Gasteiger partial charge in [-0.2, -0.15) is 0 Å². The van der Waals surface area contributed by atoms with E-state index in [1.165, 1.54) is 11.3 Å². The Kier molecular flexibility index (Phi) is 3.96. The quantitative estimate of drug-likeness (QED) is 0.876. The molecule has 1 aliphatic heterocycles.